The average molecular weight is 488 g/mol. The molecule has 0 spiro atoms. The molecule has 0 radical (unpaired) electrons. The molecule has 184 valence electrons. The van der Waals surface area contributed by atoms with Crippen molar-refractivity contribution in [3.05, 3.63) is 71.8 Å². The number of amides is 2. The van der Waals surface area contributed by atoms with Crippen molar-refractivity contribution < 1.29 is 37.4 Å². The molecule has 0 heterocycles. The third-order valence-corrected chi connectivity index (χ3v) is 6.21. The molecule has 4 rings (SSSR count). The first-order valence-electron chi connectivity index (χ1n) is 11.0. The molecule has 0 fully saturated rings. The van der Waals surface area contributed by atoms with Crippen LogP contribution in [0.1, 0.15) is 29.9 Å². The second kappa shape index (κ2) is 9.81. The van der Waals surface area contributed by atoms with E-state index in [0.29, 0.717) is 0 Å². The summed E-state index contributed by atoms with van der Waals surface area (Å²) < 4.78 is 44.1. The molecular weight excluding hydrogens is 465 g/mol. The van der Waals surface area contributed by atoms with Crippen LogP contribution >= 0.6 is 0 Å². The zero-order chi connectivity index (χ0) is 25.2. The van der Waals surface area contributed by atoms with E-state index >= 15 is 0 Å². The van der Waals surface area contributed by atoms with Crippen molar-refractivity contribution >= 4 is 18.0 Å². The van der Waals surface area contributed by atoms with Crippen LogP contribution in [0.15, 0.2) is 60.7 Å². The van der Waals surface area contributed by atoms with Crippen LogP contribution in [0.2, 0.25) is 0 Å². The lowest BCUT2D eigenvalue weighted by Crippen LogP contribution is -2.53. The number of carbonyl (C=O) groups excluding carboxylic acids is 2. The maximum absolute atomic E-state index is 12.9. The van der Waals surface area contributed by atoms with E-state index in [1.807, 2.05) is 48.5 Å². The van der Waals surface area contributed by atoms with Crippen molar-refractivity contribution in [3.63, 3.8) is 0 Å². The monoisotopic (exact) mass is 488 g/mol. The Balaban J connectivity index is 1.34. The van der Waals surface area contributed by atoms with Crippen LogP contribution in [0.4, 0.5) is 18.0 Å². The molecule has 35 heavy (non-hydrogen) atoms. The molecule has 0 aromatic heterocycles. The van der Waals surface area contributed by atoms with Crippen LogP contribution in [0.5, 0.6) is 0 Å². The first-order chi connectivity index (χ1) is 16.6. The molecule has 2 aliphatic rings. The molecule has 1 unspecified atom stereocenters. The molecule has 2 amide bonds. The minimum atomic E-state index is -5.12. The maximum Gasteiger partial charge on any atom is 0.419 e. The fraction of sp³-hybridized carbons (Fsp3) is 0.320. The Hall–Kier alpha value is -3.82. The van der Waals surface area contributed by atoms with E-state index < -0.39 is 42.1 Å². The Morgan fingerprint density at radius 3 is 2.20 bits per heavy atom. The topological polar surface area (TPSA) is 105 Å². The lowest BCUT2D eigenvalue weighted by Gasteiger charge is -2.26. The number of alkyl halides is 3. The fourth-order valence-electron chi connectivity index (χ4n) is 4.54. The number of carboxylic acids is 1. The van der Waals surface area contributed by atoms with Crippen LogP contribution in [-0.4, -0.2) is 47.9 Å². The summed E-state index contributed by atoms with van der Waals surface area (Å²) in [4.78, 5) is 35.6. The molecule has 10 heteroatoms. The minimum Gasteiger partial charge on any atom is -0.479 e. The average Bonchev–Trinajstić information content (AvgIpc) is 3.14. The third-order valence-electron chi connectivity index (χ3n) is 6.21. The largest absolute Gasteiger partial charge is 0.479 e. The minimum absolute atomic E-state index is 0.0106. The fourth-order valence-corrected chi connectivity index (χ4v) is 4.54. The zero-order valence-electron chi connectivity index (χ0n) is 18.4. The highest BCUT2D eigenvalue weighted by Gasteiger charge is 2.47. The first-order valence-corrected chi connectivity index (χ1v) is 11.0. The molecule has 7 nitrogen and oxygen atoms in total. The van der Waals surface area contributed by atoms with Gasteiger partial charge in [0, 0.05) is 11.8 Å². The smallest absolute Gasteiger partial charge is 0.419 e. The van der Waals surface area contributed by atoms with E-state index in [2.05, 4.69) is 5.32 Å². The molecule has 0 saturated heterocycles. The predicted molar refractivity (Wildman–Crippen MR) is 119 cm³/mol. The number of rotatable bonds is 6. The summed E-state index contributed by atoms with van der Waals surface area (Å²) in [5.74, 6) is -4.30. The summed E-state index contributed by atoms with van der Waals surface area (Å²) in [6, 6.07) is 12.1. The van der Waals surface area contributed by atoms with Gasteiger partial charge in [-0.15, -0.1) is 0 Å². The van der Waals surface area contributed by atoms with Gasteiger partial charge < -0.3 is 20.5 Å². The van der Waals surface area contributed by atoms with Crippen LogP contribution in [0.25, 0.3) is 11.1 Å². The number of carbonyl (C=O) groups is 3. The number of halogens is 3. The van der Waals surface area contributed by atoms with Crippen molar-refractivity contribution in [2.45, 2.75) is 37.0 Å². The van der Waals surface area contributed by atoms with Gasteiger partial charge in [-0.2, -0.15) is 13.2 Å². The van der Waals surface area contributed by atoms with Crippen LogP contribution in [0, 0.1) is 5.92 Å². The summed E-state index contributed by atoms with van der Waals surface area (Å²) in [6.45, 7) is 0.0894. The Labute approximate surface area is 199 Å². The highest BCUT2D eigenvalue weighted by Crippen LogP contribution is 2.44. The van der Waals surface area contributed by atoms with Crippen molar-refractivity contribution in [2.75, 3.05) is 6.61 Å². The maximum atomic E-state index is 12.9. The molecule has 0 aliphatic heterocycles. The number of hydrogen-bond donors (Lipinski definition) is 3. The lowest BCUT2D eigenvalue weighted by atomic mass is 9.90. The number of hydrogen-bond acceptors (Lipinski definition) is 4. The van der Waals surface area contributed by atoms with Crippen LogP contribution < -0.4 is 10.6 Å². The zero-order valence-corrected chi connectivity index (χ0v) is 18.4. The van der Waals surface area contributed by atoms with E-state index in [1.165, 1.54) is 5.32 Å². The van der Waals surface area contributed by atoms with Gasteiger partial charge in [0.15, 0.2) is 0 Å². The number of alkyl carbamates (subject to hydrolysis) is 1. The SMILES string of the molecule is O=C(N[C@@H]1C=CC[C@@H](C(=O)NC(C(=O)O)C(F)(F)F)C1)OCC1c2ccccc2-c2ccccc21. The Kier molecular flexibility index (Phi) is 6.81. The van der Waals surface area contributed by atoms with E-state index in [-0.39, 0.29) is 25.4 Å². The van der Waals surface area contributed by atoms with E-state index in [1.54, 1.807) is 12.2 Å². The van der Waals surface area contributed by atoms with Crippen LogP contribution in [0.3, 0.4) is 0 Å². The summed E-state index contributed by atoms with van der Waals surface area (Å²) >= 11 is 0. The van der Waals surface area contributed by atoms with Gasteiger partial charge in [0.2, 0.25) is 11.9 Å². The number of nitrogens with one attached hydrogen (secondary N) is 2. The molecule has 3 N–H and O–H groups in total. The Morgan fingerprint density at radius 2 is 1.63 bits per heavy atom. The Bertz CT molecular complexity index is 1120. The van der Waals surface area contributed by atoms with Gasteiger partial charge in [0.1, 0.15) is 6.61 Å². The molecule has 2 aromatic rings. The van der Waals surface area contributed by atoms with Crippen molar-refractivity contribution in [1.29, 1.82) is 0 Å². The number of allylic oxidation sites excluding steroid dienone is 1. The van der Waals surface area contributed by atoms with Crippen LogP contribution in [-0.2, 0) is 14.3 Å². The molecule has 2 aromatic carbocycles. The van der Waals surface area contributed by atoms with Gasteiger partial charge in [0.05, 0.1) is 6.04 Å². The first kappa shape index (κ1) is 24.3. The van der Waals surface area contributed by atoms with Gasteiger partial charge in [-0.25, -0.2) is 9.59 Å². The summed E-state index contributed by atoms with van der Waals surface area (Å²) in [5.41, 5.74) is 4.27. The van der Waals surface area contributed by atoms with Gasteiger partial charge in [0.25, 0.3) is 0 Å². The van der Waals surface area contributed by atoms with Crippen molar-refractivity contribution in [3.8, 4) is 11.1 Å². The summed E-state index contributed by atoms with van der Waals surface area (Å²) in [5, 5.41) is 12.9. The summed E-state index contributed by atoms with van der Waals surface area (Å²) in [7, 11) is 0. The molecule has 2 aliphatic carbocycles. The number of fused-ring (bicyclic) bond motifs is 3. The van der Waals surface area contributed by atoms with E-state index in [0.717, 1.165) is 22.3 Å². The second-order valence-electron chi connectivity index (χ2n) is 8.49. The quantitative estimate of drug-likeness (QED) is 0.534. The number of carboxylic acid groups (broad SMARTS) is 1. The lowest BCUT2D eigenvalue weighted by molar-refractivity contribution is -0.182. The van der Waals surface area contributed by atoms with Crippen molar-refractivity contribution in [1.82, 2.24) is 10.6 Å². The highest BCUT2D eigenvalue weighted by atomic mass is 19.4. The molecule has 0 saturated carbocycles. The van der Waals surface area contributed by atoms with Gasteiger partial charge >= 0.3 is 18.2 Å². The molecule has 0 bridgehead atoms. The highest BCUT2D eigenvalue weighted by molar-refractivity contribution is 5.86. The van der Waals surface area contributed by atoms with Gasteiger partial charge in [-0.1, -0.05) is 60.7 Å². The Morgan fingerprint density at radius 1 is 1.03 bits per heavy atom. The predicted octanol–water partition coefficient (Wildman–Crippen LogP) is 3.99. The standard InChI is InChI=1S/C25H23F3N2O5/c26-25(27,28)21(23(32)33)30-22(31)14-6-5-7-15(12-14)29-24(34)35-13-20-18-10-3-1-8-16(18)17-9-2-4-11-19(17)20/h1-5,7-11,14-15,20-21H,6,12-13H2,(H,29,34)(H,30,31)(H,32,33)/t14-,15-,21?/m1/s1. The molecule has 3 atom stereocenters. The van der Waals surface area contributed by atoms with Crippen molar-refractivity contribution in [2.24, 2.45) is 5.92 Å². The number of ether oxygens (including phenoxy) is 1. The normalized spacial score (nSPS) is 19.9. The number of aliphatic carboxylic acids is 1. The second-order valence-corrected chi connectivity index (χ2v) is 8.49. The summed E-state index contributed by atoms with van der Waals surface area (Å²) in [6.07, 6.45) is -2.52. The van der Waals surface area contributed by atoms with Gasteiger partial charge in [-0.3, -0.25) is 4.79 Å². The van der Waals surface area contributed by atoms with E-state index in [9.17, 15) is 27.6 Å². The third kappa shape index (κ3) is 5.31. The number of benzene rings is 2. The van der Waals surface area contributed by atoms with Gasteiger partial charge in [-0.05, 0) is 35.1 Å². The molecular formula is C25H23F3N2O5. The van der Waals surface area contributed by atoms with E-state index in [4.69, 9.17) is 9.84 Å².